The molecule has 1 atom stereocenters. The van der Waals surface area contributed by atoms with Gasteiger partial charge in [0.05, 0.1) is 6.04 Å². The molecule has 3 heterocycles. The molecule has 0 saturated carbocycles. The van der Waals surface area contributed by atoms with Gasteiger partial charge in [0.15, 0.2) is 0 Å². The van der Waals surface area contributed by atoms with E-state index < -0.39 is 0 Å². The molecule has 24 heavy (non-hydrogen) atoms. The molecule has 1 fully saturated rings. The van der Waals surface area contributed by atoms with E-state index in [1.807, 2.05) is 38.2 Å². The highest BCUT2D eigenvalue weighted by Gasteiger charge is 2.25. The summed E-state index contributed by atoms with van der Waals surface area (Å²) in [5, 5.41) is 2.88. The Bertz CT molecular complexity index is 683. The molecule has 0 bridgehead atoms. The number of carbonyl (C=O) groups is 1. The fourth-order valence-electron chi connectivity index (χ4n) is 2.93. The lowest BCUT2D eigenvalue weighted by atomic mass is 10.2. The zero-order valence-electron chi connectivity index (χ0n) is 14.1. The summed E-state index contributed by atoms with van der Waals surface area (Å²) in [6, 6.07) is 9.47. The van der Waals surface area contributed by atoms with Crippen molar-refractivity contribution in [2.45, 2.75) is 19.9 Å². The molecular weight excluding hydrogens is 302 g/mol. The summed E-state index contributed by atoms with van der Waals surface area (Å²) in [5.41, 5.74) is 2.23. The summed E-state index contributed by atoms with van der Waals surface area (Å²) < 4.78 is 0. The second-order valence-corrected chi connectivity index (χ2v) is 6.06. The predicted octanol–water partition coefficient (Wildman–Crippen LogP) is 1.93. The monoisotopic (exact) mass is 325 g/mol. The molecule has 0 aromatic carbocycles. The van der Waals surface area contributed by atoms with Gasteiger partial charge in [-0.05, 0) is 38.1 Å². The molecule has 3 rings (SSSR count). The highest BCUT2D eigenvalue weighted by Crippen LogP contribution is 2.17. The van der Waals surface area contributed by atoms with Crippen molar-refractivity contribution in [3.63, 3.8) is 0 Å². The first-order valence-electron chi connectivity index (χ1n) is 8.27. The van der Waals surface area contributed by atoms with Crippen LogP contribution in [0.5, 0.6) is 0 Å². The lowest BCUT2D eigenvalue weighted by molar-refractivity contribution is -0.120. The Morgan fingerprint density at radius 2 is 1.92 bits per heavy atom. The zero-order valence-corrected chi connectivity index (χ0v) is 14.1. The Morgan fingerprint density at radius 3 is 2.58 bits per heavy atom. The van der Waals surface area contributed by atoms with Gasteiger partial charge in [-0.3, -0.25) is 14.7 Å². The van der Waals surface area contributed by atoms with Gasteiger partial charge in [0.25, 0.3) is 0 Å². The molecule has 0 spiro atoms. The van der Waals surface area contributed by atoms with E-state index >= 15 is 0 Å². The average molecular weight is 325 g/mol. The summed E-state index contributed by atoms with van der Waals surface area (Å²) in [5.74, 6) is 0.585. The van der Waals surface area contributed by atoms with Crippen molar-refractivity contribution in [2.24, 2.45) is 0 Å². The van der Waals surface area contributed by atoms with Crippen LogP contribution in [0, 0.1) is 6.92 Å². The quantitative estimate of drug-likeness (QED) is 0.931. The molecule has 6 heteroatoms. The maximum Gasteiger partial charge on any atom is 0.242 e. The van der Waals surface area contributed by atoms with Gasteiger partial charge in [0, 0.05) is 50.0 Å². The van der Waals surface area contributed by atoms with Gasteiger partial charge in [0.1, 0.15) is 5.82 Å². The lowest BCUT2D eigenvalue weighted by Crippen LogP contribution is -2.52. The minimum atomic E-state index is -0.173. The Morgan fingerprint density at radius 1 is 1.12 bits per heavy atom. The second-order valence-electron chi connectivity index (χ2n) is 6.06. The number of rotatable bonds is 4. The molecule has 1 N–H and O–H groups in total. The van der Waals surface area contributed by atoms with E-state index in [2.05, 4.69) is 31.2 Å². The summed E-state index contributed by atoms with van der Waals surface area (Å²) in [7, 11) is 0. The van der Waals surface area contributed by atoms with Crippen molar-refractivity contribution < 1.29 is 4.79 Å². The average Bonchev–Trinajstić information content (AvgIpc) is 2.62. The number of nitrogens with one attached hydrogen (secondary N) is 1. The highest BCUT2D eigenvalue weighted by molar-refractivity contribution is 5.93. The SMILES string of the molecule is Cc1cc(N2CCN([C@@H](C)C(=O)Nc3ccccn3)CC2)ccn1. The molecule has 0 aliphatic carbocycles. The van der Waals surface area contributed by atoms with Gasteiger partial charge >= 0.3 is 0 Å². The minimum Gasteiger partial charge on any atom is -0.369 e. The number of amides is 1. The topological polar surface area (TPSA) is 61.4 Å². The van der Waals surface area contributed by atoms with Gasteiger partial charge in [-0.15, -0.1) is 0 Å². The summed E-state index contributed by atoms with van der Waals surface area (Å²) in [4.78, 5) is 25.3. The normalized spacial score (nSPS) is 16.7. The van der Waals surface area contributed by atoms with Crippen LogP contribution >= 0.6 is 0 Å². The molecule has 1 saturated heterocycles. The van der Waals surface area contributed by atoms with Crippen molar-refractivity contribution in [3.8, 4) is 0 Å². The number of carbonyl (C=O) groups excluding carboxylic acids is 1. The summed E-state index contributed by atoms with van der Waals surface area (Å²) >= 11 is 0. The van der Waals surface area contributed by atoms with Crippen LogP contribution in [0.25, 0.3) is 0 Å². The molecule has 1 amide bonds. The van der Waals surface area contributed by atoms with Crippen molar-refractivity contribution in [3.05, 3.63) is 48.4 Å². The largest absolute Gasteiger partial charge is 0.369 e. The molecule has 1 aliphatic rings. The van der Waals surface area contributed by atoms with Gasteiger partial charge in [-0.25, -0.2) is 4.98 Å². The number of pyridine rings is 2. The fourth-order valence-corrected chi connectivity index (χ4v) is 2.93. The third-order valence-electron chi connectivity index (χ3n) is 4.40. The molecule has 126 valence electrons. The predicted molar refractivity (Wildman–Crippen MR) is 95.1 cm³/mol. The number of hydrogen-bond acceptors (Lipinski definition) is 5. The molecular formula is C18H23N5O. The number of aryl methyl sites for hydroxylation is 1. The van der Waals surface area contributed by atoms with E-state index in [0.717, 1.165) is 31.9 Å². The minimum absolute atomic E-state index is 0.0121. The van der Waals surface area contributed by atoms with Crippen LogP contribution in [-0.4, -0.2) is 53.0 Å². The van der Waals surface area contributed by atoms with Crippen LogP contribution in [0.4, 0.5) is 11.5 Å². The van der Waals surface area contributed by atoms with Crippen molar-refractivity contribution in [1.82, 2.24) is 14.9 Å². The Balaban J connectivity index is 1.55. The van der Waals surface area contributed by atoms with E-state index in [-0.39, 0.29) is 11.9 Å². The Labute approximate surface area is 142 Å². The van der Waals surface area contributed by atoms with Crippen LogP contribution < -0.4 is 10.2 Å². The van der Waals surface area contributed by atoms with Gasteiger partial charge in [0.2, 0.25) is 5.91 Å². The van der Waals surface area contributed by atoms with Gasteiger partial charge in [-0.2, -0.15) is 0 Å². The third kappa shape index (κ3) is 3.89. The second kappa shape index (κ2) is 7.40. The van der Waals surface area contributed by atoms with Crippen LogP contribution in [-0.2, 0) is 4.79 Å². The van der Waals surface area contributed by atoms with E-state index in [0.29, 0.717) is 5.82 Å². The molecule has 0 unspecified atom stereocenters. The molecule has 6 nitrogen and oxygen atoms in total. The number of hydrogen-bond donors (Lipinski definition) is 1. The van der Waals surface area contributed by atoms with Crippen molar-refractivity contribution >= 4 is 17.4 Å². The molecule has 0 radical (unpaired) electrons. The van der Waals surface area contributed by atoms with Crippen molar-refractivity contribution in [2.75, 3.05) is 36.4 Å². The number of aromatic nitrogens is 2. The van der Waals surface area contributed by atoms with E-state index in [4.69, 9.17) is 0 Å². The maximum atomic E-state index is 12.4. The molecule has 1 aliphatic heterocycles. The van der Waals surface area contributed by atoms with Crippen LogP contribution in [0.15, 0.2) is 42.7 Å². The first-order chi connectivity index (χ1) is 11.6. The smallest absolute Gasteiger partial charge is 0.242 e. The van der Waals surface area contributed by atoms with Crippen LogP contribution in [0.3, 0.4) is 0 Å². The summed E-state index contributed by atoms with van der Waals surface area (Å²) in [6.45, 7) is 7.49. The molecule has 2 aromatic rings. The summed E-state index contributed by atoms with van der Waals surface area (Å²) in [6.07, 6.45) is 3.52. The lowest BCUT2D eigenvalue weighted by Gasteiger charge is -2.38. The first-order valence-corrected chi connectivity index (χ1v) is 8.27. The third-order valence-corrected chi connectivity index (χ3v) is 4.40. The van der Waals surface area contributed by atoms with E-state index in [9.17, 15) is 4.79 Å². The van der Waals surface area contributed by atoms with Gasteiger partial charge in [-0.1, -0.05) is 6.07 Å². The standard InChI is InChI=1S/C18H23N5O/c1-14-13-16(6-8-19-14)23-11-9-22(10-12-23)15(2)18(24)21-17-5-3-4-7-20-17/h3-8,13,15H,9-12H2,1-2H3,(H,20,21,24)/t15-/m0/s1. The van der Waals surface area contributed by atoms with Crippen molar-refractivity contribution in [1.29, 1.82) is 0 Å². The Hall–Kier alpha value is -2.47. The fraction of sp³-hybridized carbons (Fsp3) is 0.389. The van der Waals surface area contributed by atoms with Gasteiger partial charge < -0.3 is 10.2 Å². The van der Waals surface area contributed by atoms with E-state index in [1.165, 1.54) is 5.69 Å². The first kappa shape index (κ1) is 16.4. The number of anilines is 2. The zero-order chi connectivity index (χ0) is 16.9. The van der Waals surface area contributed by atoms with E-state index in [1.54, 1.807) is 12.3 Å². The highest BCUT2D eigenvalue weighted by atomic mass is 16.2. The van der Waals surface area contributed by atoms with Crippen LogP contribution in [0.1, 0.15) is 12.6 Å². The van der Waals surface area contributed by atoms with Crippen LogP contribution in [0.2, 0.25) is 0 Å². The number of piperazine rings is 1. The molecule has 2 aromatic heterocycles. The number of nitrogens with zero attached hydrogens (tertiary/aromatic N) is 4. The maximum absolute atomic E-state index is 12.4. The Kier molecular flexibility index (Phi) is 5.05.